The fourth-order valence-electron chi connectivity index (χ4n) is 2.38. The van der Waals surface area contributed by atoms with Crippen molar-refractivity contribution in [1.29, 1.82) is 0 Å². The first-order chi connectivity index (χ1) is 11.1. The molecule has 0 unspecified atom stereocenters. The number of aryl methyl sites for hydroxylation is 1. The highest BCUT2D eigenvalue weighted by Gasteiger charge is 2.24. The second-order valence-corrected chi connectivity index (χ2v) is 6.37. The van der Waals surface area contributed by atoms with E-state index in [1.807, 2.05) is 0 Å². The quantitative estimate of drug-likeness (QED) is 0.493. The van der Waals surface area contributed by atoms with Gasteiger partial charge < -0.3 is 20.2 Å². The summed E-state index contributed by atoms with van der Waals surface area (Å²) in [5, 5.41) is 0.419. The van der Waals surface area contributed by atoms with Gasteiger partial charge in [0.25, 0.3) is 11.7 Å². The van der Waals surface area contributed by atoms with E-state index in [1.54, 1.807) is 45.9 Å². The van der Waals surface area contributed by atoms with Crippen molar-refractivity contribution in [2.45, 2.75) is 33.3 Å². The summed E-state index contributed by atoms with van der Waals surface area (Å²) >= 11 is 0. The fraction of sp³-hybridized carbons (Fsp3) is 0.353. The molecule has 0 saturated carbocycles. The molecule has 0 radical (unpaired) electrons. The highest BCUT2D eigenvalue weighted by Crippen LogP contribution is 2.31. The molecule has 0 fully saturated rings. The number of primary amides is 1. The Morgan fingerprint density at radius 3 is 2.46 bits per heavy atom. The Labute approximate surface area is 139 Å². The summed E-state index contributed by atoms with van der Waals surface area (Å²) in [6.45, 7) is 6.61. The summed E-state index contributed by atoms with van der Waals surface area (Å²) in [7, 11) is 0. The molecular formula is C17H20N2O5. The van der Waals surface area contributed by atoms with Crippen LogP contribution in [0.5, 0.6) is 5.75 Å². The lowest BCUT2D eigenvalue weighted by molar-refractivity contribution is -0.157. The molecule has 1 amide bonds. The van der Waals surface area contributed by atoms with Crippen LogP contribution in [0.15, 0.2) is 18.2 Å². The first-order valence-electron chi connectivity index (χ1n) is 7.40. The molecule has 0 aliphatic heterocycles. The standard InChI is InChI=1S/C17H20N2O5/c1-9-13(15(21)16(18)22)14-10(19-9)6-5-7-11(14)23-8-12(20)24-17(2,3)4/h5-7,19H,8H2,1-4H3,(H2,18,22). The van der Waals surface area contributed by atoms with E-state index >= 15 is 0 Å². The molecule has 2 rings (SSSR count). The highest BCUT2D eigenvalue weighted by atomic mass is 16.6. The van der Waals surface area contributed by atoms with Gasteiger partial charge in [0.05, 0.1) is 16.5 Å². The van der Waals surface area contributed by atoms with Crippen LogP contribution < -0.4 is 10.5 Å². The van der Waals surface area contributed by atoms with Gasteiger partial charge in [-0.25, -0.2) is 4.79 Å². The lowest BCUT2D eigenvalue weighted by Gasteiger charge is -2.19. The van der Waals surface area contributed by atoms with E-state index in [0.29, 0.717) is 22.3 Å². The number of fused-ring (bicyclic) bond motifs is 1. The number of amides is 1. The van der Waals surface area contributed by atoms with E-state index < -0.39 is 23.3 Å². The number of benzene rings is 1. The Bertz CT molecular complexity index is 814. The van der Waals surface area contributed by atoms with E-state index in [2.05, 4.69) is 4.98 Å². The summed E-state index contributed by atoms with van der Waals surface area (Å²) in [5.41, 5.74) is 5.75. The van der Waals surface area contributed by atoms with Gasteiger partial charge in [-0.3, -0.25) is 9.59 Å². The Hall–Kier alpha value is -2.83. The van der Waals surface area contributed by atoms with Crippen molar-refractivity contribution in [1.82, 2.24) is 4.98 Å². The number of carbonyl (C=O) groups is 3. The van der Waals surface area contributed by atoms with Gasteiger partial charge >= 0.3 is 5.97 Å². The number of nitrogens with one attached hydrogen (secondary N) is 1. The largest absolute Gasteiger partial charge is 0.481 e. The number of Topliss-reactive ketones (excluding diaryl/α,β-unsaturated/α-hetero) is 1. The van der Waals surface area contributed by atoms with Crippen molar-refractivity contribution in [3.05, 3.63) is 29.5 Å². The summed E-state index contributed by atoms with van der Waals surface area (Å²) in [6.07, 6.45) is 0. The molecule has 0 spiro atoms. The number of carbonyl (C=O) groups excluding carboxylic acids is 3. The number of ether oxygens (including phenoxy) is 2. The molecule has 1 aromatic carbocycles. The van der Waals surface area contributed by atoms with Crippen LogP contribution in [0.2, 0.25) is 0 Å². The zero-order chi connectivity index (χ0) is 18.1. The van der Waals surface area contributed by atoms with Crippen molar-refractivity contribution in [3.63, 3.8) is 0 Å². The maximum Gasteiger partial charge on any atom is 0.344 e. The minimum Gasteiger partial charge on any atom is -0.481 e. The second kappa shape index (κ2) is 6.35. The van der Waals surface area contributed by atoms with Gasteiger partial charge in [0, 0.05) is 5.69 Å². The number of H-pyrrole nitrogens is 1. The minimum atomic E-state index is -1.05. The van der Waals surface area contributed by atoms with Crippen molar-refractivity contribution < 1.29 is 23.9 Å². The molecule has 1 aromatic heterocycles. The molecule has 0 aliphatic rings. The fourth-order valence-corrected chi connectivity index (χ4v) is 2.38. The van der Waals surface area contributed by atoms with Crippen LogP contribution in [0.4, 0.5) is 0 Å². The maximum atomic E-state index is 12.1. The summed E-state index contributed by atoms with van der Waals surface area (Å²) in [5.74, 6) is -2.10. The summed E-state index contributed by atoms with van der Waals surface area (Å²) in [6, 6.07) is 5.05. The van der Waals surface area contributed by atoms with Gasteiger partial charge in [-0.15, -0.1) is 0 Å². The first kappa shape index (κ1) is 17.5. The molecule has 2 aromatic rings. The van der Waals surface area contributed by atoms with Gasteiger partial charge in [0.15, 0.2) is 6.61 Å². The predicted octanol–water partition coefficient (Wildman–Crippen LogP) is 1.86. The molecular weight excluding hydrogens is 312 g/mol. The molecule has 0 aliphatic carbocycles. The normalized spacial score (nSPS) is 11.3. The first-order valence-corrected chi connectivity index (χ1v) is 7.40. The topological polar surface area (TPSA) is 111 Å². The molecule has 1 heterocycles. The number of hydrogen-bond acceptors (Lipinski definition) is 5. The van der Waals surface area contributed by atoms with Crippen LogP contribution in [0.3, 0.4) is 0 Å². The average molecular weight is 332 g/mol. The molecule has 3 N–H and O–H groups in total. The third kappa shape index (κ3) is 3.73. The number of rotatable bonds is 5. The number of ketones is 1. The average Bonchev–Trinajstić information content (AvgIpc) is 2.78. The lowest BCUT2D eigenvalue weighted by atomic mass is 10.1. The van der Waals surface area contributed by atoms with Crippen molar-refractivity contribution in [2.24, 2.45) is 5.73 Å². The molecule has 128 valence electrons. The van der Waals surface area contributed by atoms with Crippen molar-refractivity contribution in [3.8, 4) is 5.75 Å². The van der Waals surface area contributed by atoms with Crippen LogP contribution in [-0.2, 0) is 14.3 Å². The van der Waals surface area contributed by atoms with E-state index in [1.165, 1.54) is 0 Å². The Morgan fingerprint density at radius 2 is 1.88 bits per heavy atom. The molecule has 0 atom stereocenters. The smallest absolute Gasteiger partial charge is 0.344 e. The monoisotopic (exact) mass is 332 g/mol. The van der Waals surface area contributed by atoms with E-state index in [0.717, 1.165) is 0 Å². The van der Waals surface area contributed by atoms with E-state index in [-0.39, 0.29) is 12.2 Å². The summed E-state index contributed by atoms with van der Waals surface area (Å²) < 4.78 is 10.7. The van der Waals surface area contributed by atoms with Crippen molar-refractivity contribution >= 4 is 28.6 Å². The van der Waals surface area contributed by atoms with E-state index in [4.69, 9.17) is 15.2 Å². The summed E-state index contributed by atoms with van der Waals surface area (Å²) in [4.78, 5) is 38.2. The SMILES string of the molecule is Cc1[nH]c2cccc(OCC(=O)OC(C)(C)C)c2c1C(=O)C(N)=O. The third-order valence-corrected chi connectivity index (χ3v) is 3.19. The van der Waals surface area contributed by atoms with Crippen LogP contribution in [0.1, 0.15) is 36.8 Å². The Morgan fingerprint density at radius 1 is 1.21 bits per heavy atom. The Balaban J connectivity index is 2.36. The molecule has 0 bridgehead atoms. The van der Waals surface area contributed by atoms with E-state index in [9.17, 15) is 14.4 Å². The minimum absolute atomic E-state index is 0.150. The van der Waals surface area contributed by atoms with Gasteiger partial charge in [0.2, 0.25) is 0 Å². The van der Waals surface area contributed by atoms with Gasteiger partial charge in [-0.2, -0.15) is 0 Å². The van der Waals surface area contributed by atoms with Crippen molar-refractivity contribution in [2.75, 3.05) is 6.61 Å². The number of nitrogens with two attached hydrogens (primary N) is 1. The maximum absolute atomic E-state index is 12.1. The number of aromatic amines is 1. The number of aromatic nitrogens is 1. The number of esters is 1. The Kier molecular flexibility index (Phi) is 4.64. The second-order valence-electron chi connectivity index (χ2n) is 6.37. The van der Waals surface area contributed by atoms with Crippen LogP contribution in [0.25, 0.3) is 10.9 Å². The van der Waals surface area contributed by atoms with Gasteiger partial charge in [-0.1, -0.05) is 6.07 Å². The van der Waals surface area contributed by atoms with Crippen LogP contribution >= 0.6 is 0 Å². The molecule has 0 saturated heterocycles. The lowest BCUT2D eigenvalue weighted by Crippen LogP contribution is -2.27. The van der Waals surface area contributed by atoms with Crippen LogP contribution in [0, 0.1) is 6.92 Å². The van der Waals surface area contributed by atoms with Crippen LogP contribution in [-0.4, -0.2) is 34.9 Å². The predicted molar refractivity (Wildman–Crippen MR) is 87.9 cm³/mol. The molecule has 24 heavy (non-hydrogen) atoms. The highest BCUT2D eigenvalue weighted by molar-refractivity contribution is 6.45. The third-order valence-electron chi connectivity index (χ3n) is 3.19. The number of hydrogen-bond donors (Lipinski definition) is 2. The van der Waals surface area contributed by atoms with Gasteiger partial charge in [0.1, 0.15) is 11.4 Å². The molecule has 7 nitrogen and oxygen atoms in total. The van der Waals surface area contributed by atoms with Gasteiger partial charge in [-0.05, 0) is 39.8 Å². The zero-order valence-corrected chi connectivity index (χ0v) is 14.1. The zero-order valence-electron chi connectivity index (χ0n) is 14.1. The molecule has 7 heteroatoms.